The molecule has 1 unspecified atom stereocenters. The van der Waals surface area contributed by atoms with Crippen molar-refractivity contribution in [3.63, 3.8) is 0 Å². The number of furan rings is 1. The first-order valence-corrected chi connectivity index (χ1v) is 5.59. The molecule has 3 heteroatoms. The van der Waals surface area contributed by atoms with Gasteiger partial charge in [0.15, 0.2) is 0 Å². The largest absolute Gasteiger partial charge is 0.490 e. The predicted molar refractivity (Wildman–Crippen MR) is 65.1 cm³/mol. The van der Waals surface area contributed by atoms with Crippen LogP contribution in [0.2, 0.25) is 0 Å². The Hall–Kier alpha value is -1.74. The van der Waals surface area contributed by atoms with Gasteiger partial charge in [-0.05, 0) is 43.7 Å². The topological polar surface area (TPSA) is 42.6 Å². The standard InChI is InChI=1S/C14H16O3/c1-10-4-3-5-12(8-10)16-9-13(15)14-7-6-11(2)17-14/h3-8,13,15H,9H2,1-2H3. The van der Waals surface area contributed by atoms with E-state index in [1.165, 1.54) is 0 Å². The number of benzene rings is 1. The van der Waals surface area contributed by atoms with Gasteiger partial charge < -0.3 is 14.3 Å². The molecule has 1 N–H and O–H groups in total. The van der Waals surface area contributed by atoms with E-state index in [4.69, 9.17) is 9.15 Å². The lowest BCUT2D eigenvalue weighted by Crippen LogP contribution is -2.08. The summed E-state index contributed by atoms with van der Waals surface area (Å²) in [5, 5.41) is 9.85. The van der Waals surface area contributed by atoms with Crippen molar-refractivity contribution < 1.29 is 14.3 Å². The summed E-state index contributed by atoms with van der Waals surface area (Å²) >= 11 is 0. The number of aliphatic hydroxyl groups excluding tert-OH is 1. The number of hydrogen-bond donors (Lipinski definition) is 1. The van der Waals surface area contributed by atoms with E-state index in [0.717, 1.165) is 17.1 Å². The van der Waals surface area contributed by atoms with E-state index in [9.17, 15) is 5.11 Å². The van der Waals surface area contributed by atoms with Crippen LogP contribution in [0.15, 0.2) is 40.8 Å². The van der Waals surface area contributed by atoms with E-state index in [-0.39, 0.29) is 6.61 Å². The van der Waals surface area contributed by atoms with Gasteiger partial charge in [0.1, 0.15) is 30.0 Å². The van der Waals surface area contributed by atoms with Crippen LogP contribution < -0.4 is 4.74 Å². The summed E-state index contributed by atoms with van der Waals surface area (Å²) in [6.07, 6.45) is -0.732. The summed E-state index contributed by atoms with van der Waals surface area (Å²) < 4.78 is 10.8. The van der Waals surface area contributed by atoms with Gasteiger partial charge in [-0.1, -0.05) is 12.1 Å². The minimum Gasteiger partial charge on any atom is -0.490 e. The average molecular weight is 232 g/mol. The van der Waals surface area contributed by atoms with Gasteiger partial charge in [0.05, 0.1) is 0 Å². The molecule has 0 aliphatic carbocycles. The number of aliphatic hydroxyl groups is 1. The van der Waals surface area contributed by atoms with Crippen molar-refractivity contribution in [2.75, 3.05) is 6.61 Å². The lowest BCUT2D eigenvalue weighted by Gasteiger charge is -2.10. The number of ether oxygens (including phenoxy) is 1. The Morgan fingerprint density at radius 2 is 2.06 bits per heavy atom. The van der Waals surface area contributed by atoms with Crippen LogP contribution >= 0.6 is 0 Å². The van der Waals surface area contributed by atoms with E-state index < -0.39 is 6.10 Å². The van der Waals surface area contributed by atoms with Gasteiger partial charge in [0.2, 0.25) is 0 Å². The Morgan fingerprint density at radius 3 is 2.71 bits per heavy atom. The molecule has 0 bridgehead atoms. The van der Waals surface area contributed by atoms with Crippen LogP contribution in [0.4, 0.5) is 0 Å². The summed E-state index contributed by atoms with van der Waals surface area (Å²) in [6.45, 7) is 4.03. The van der Waals surface area contributed by atoms with Crippen LogP contribution in [0.5, 0.6) is 5.75 Å². The molecular formula is C14H16O3. The summed E-state index contributed by atoms with van der Waals surface area (Å²) in [5.74, 6) is 2.08. The number of hydrogen-bond acceptors (Lipinski definition) is 3. The Balaban J connectivity index is 1.94. The van der Waals surface area contributed by atoms with E-state index in [0.29, 0.717) is 5.76 Å². The Kier molecular flexibility index (Phi) is 3.49. The van der Waals surface area contributed by atoms with Crippen LogP contribution in [-0.2, 0) is 0 Å². The minimum absolute atomic E-state index is 0.191. The Labute approximate surface area is 101 Å². The zero-order valence-corrected chi connectivity index (χ0v) is 10.0. The third-order valence-corrected chi connectivity index (χ3v) is 2.49. The van der Waals surface area contributed by atoms with Crippen molar-refractivity contribution >= 4 is 0 Å². The average Bonchev–Trinajstić information content (AvgIpc) is 2.73. The predicted octanol–water partition coefficient (Wildman–Crippen LogP) is 3.01. The molecule has 3 nitrogen and oxygen atoms in total. The Morgan fingerprint density at radius 1 is 1.24 bits per heavy atom. The molecular weight excluding hydrogens is 216 g/mol. The first-order valence-electron chi connectivity index (χ1n) is 5.59. The van der Waals surface area contributed by atoms with Crippen molar-refractivity contribution in [1.82, 2.24) is 0 Å². The molecule has 0 aliphatic rings. The van der Waals surface area contributed by atoms with Gasteiger partial charge in [0.25, 0.3) is 0 Å². The van der Waals surface area contributed by atoms with Crippen LogP contribution in [-0.4, -0.2) is 11.7 Å². The molecule has 0 aliphatic heterocycles. The zero-order chi connectivity index (χ0) is 12.3. The first-order chi connectivity index (χ1) is 8.15. The normalized spacial score (nSPS) is 12.4. The summed E-state index contributed by atoms with van der Waals surface area (Å²) in [6, 6.07) is 11.3. The lowest BCUT2D eigenvalue weighted by molar-refractivity contribution is 0.0880. The van der Waals surface area contributed by atoms with Crippen molar-refractivity contribution in [3.8, 4) is 5.75 Å². The van der Waals surface area contributed by atoms with Crippen LogP contribution in [0.3, 0.4) is 0 Å². The maximum atomic E-state index is 9.85. The SMILES string of the molecule is Cc1cccc(OCC(O)c2ccc(C)o2)c1. The fraction of sp³-hybridized carbons (Fsp3) is 0.286. The fourth-order valence-electron chi connectivity index (χ4n) is 1.59. The summed E-state index contributed by atoms with van der Waals surface area (Å²) in [7, 11) is 0. The molecule has 2 aromatic rings. The highest BCUT2D eigenvalue weighted by molar-refractivity contribution is 5.27. The van der Waals surface area contributed by atoms with E-state index in [2.05, 4.69) is 0 Å². The molecule has 2 rings (SSSR count). The highest BCUT2D eigenvalue weighted by atomic mass is 16.5. The quantitative estimate of drug-likeness (QED) is 0.881. The van der Waals surface area contributed by atoms with Gasteiger partial charge in [-0.25, -0.2) is 0 Å². The molecule has 1 atom stereocenters. The van der Waals surface area contributed by atoms with Gasteiger partial charge >= 0.3 is 0 Å². The highest BCUT2D eigenvalue weighted by Gasteiger charge is 2.12. The lowest BCUT2D eigenvalue weighted by atomic mass is 10.2. The monoisotopic (exact) mass is 232 g/mol. The molecule has 1 aromatic heterocycles. The van der Waals surface area contributed by atoms with Gasteiger partial charge in [0, 0.05) is 0 Å². The summed E-state index contributed by atoms with van der Waals surface area (Å²) in [4.78, 5) is 0. The second-order valence-electron chi connectivity index (χ2n) is 4.09. The van der Waals surface area contributed by atoms with Crippen LogP contribution in [0.25, 0.3) is 0 Å². The highest BCUT2D eigenvalue weighted by Crippen LogP contribution is 2.19. The molecule has 0 radical (unpaired) electrons. The molecule has 0 fully saturated rings. The third-order valence-electron chi connectivity index (χ3n) is 2.49. The molecule has 1 heterocycles. The second-order valence-corrected chi connectivity index (χ2v) is 4.09. The van der Waals surface area contributed by atoms with Gasteiger partial charge in [-0.2, -0.15) is 0 Å². The number of rotatable bonds is 4. The van der Waals surface area contributed by atoms with Crippen LogP contribution in [0.1, 0.15) is 23.2 Å². The number of aryl methyl sites for hydroxylation is 2. The molecule has 90 valence electrons. The molecule has 0 saturated carbocycles. The molecule has 17 heavy (non-hydrogen) atoms. The molecule has 0 saturated heterocycles. The van der Waals surface area contributed by atoms with Crippen molar-refractivity contribution in [2.45, 2.75) is 20.0 Å². The van der Waals surface area contributed by atoms with Crippen molar-refractivity contribution in [2.24, 2.45) is 0 Å². The molecule has 0 spiro atoms. The van der Waals surface area contributed by atoms with Crippen molar-refractivity contribution in [3.05, 3.63) is 53.5 Å². The van der Waals surface area contributed by atoms with E-state index in [1.807, 2.05) is 44.2 Å². The first kappa shape index (κ1) is 11.7. The maximum Gasteiger partial charge on any atom is 0.145 e. The van der Waals surface area contributed by atoms with Crippen molar-refractivity contribution in [1.29, 1.82) is 0 Å². The fourth-order valence-corrected chi connectivity index (χ4v) is 1.59. The second kappa shape index (κ2) is 5.06. The third kappa shape index (κ3) is 3.11. The Bertz CT molecular complexity index is 488. The van der Waals surface area contributed by atoms with Gasteiger partial charge in [-0.3, -0.25) is 0 Å². The summed E-state index contributed by atoms with van der Waals surface area (Å²) in [5.41, 5.74) is 1.13. The molecule has 0 amide bonds. The van der Waals surface area contributed by atoms with E-state index in [1.54, 1.807) is 6.07 Å². The van der Waals surface area contributed by atoms with Gasteiger partial charge in [-0.15, -0.1) is 0 Å². The zero-order valence-electron chi connectivity index (χ0n) is 10.0. The van der Waals surface area contributed by atoms with E-state index >= 15 is 0 Å². The maximum absolute atomic E-state index is 9.85. The smallest absolute Gasteiger partial charge is 0.145 e. The molecule has 1 aromatic carbocycles. The minimum atomic E-state index is -0.732. The van der Waals surface area contributed by atoms with Crippen LogP contribution in [0, 0.1) is 13.8 Å².